The molecular weight excluding hydrogens is 507 g/mol. The van der Waals surface area contributed by atoms with Crippen LogP contribution in [0.1, 0.15) is 5.56 Å². The summed E-state index contributed by atoms with van der Waals surface area (Å²) in [6, 6.07) is 14.2. The SMILES string of the molecule is COc1cc(-c2ccc(F)c(Cl)c2)c(C)cc1-c1ncnc2cc(S(=O)(=O)Nc3ccon3)ccc12. The summed E-state index contributed by atoms with van der Waals surface area (Å²) in [5, 5.41) is 4.24. The van der Waals surface area contributed by atoms with Crippen molar-refractivity contribution in [1.82, 2.24) is 15.1 Å². The predicted molar refractivity (Wildman–Crippen MR) is 134 cm³/mol. The van der Waals surface area contributed by atoms with E-state index in [1.54, 1.807) is 25.3 Å². The number of anilines is 1. The number of hydrogen-bond acceptors (Lipinski definition) is 7. The molecule has 0 fully saturated rings. The highest BCUT2D eigenvalue weighted by Gasteiger charge is 2.20. The molecule has 36 heavy (non-hydrogen) atoms. The van der Waals surface area contributed by atoms with Gasteiger partial charge in [-0.3, -0.25) is 4.72 Å². The van der Waals surface area contributed by atoms with Gasteiger partial charge >= 0.3 is 0 Å². The summed E-state index contributed by atoms with van der Waals surface area (Å²) in [4.78, 5) is 8.74. The van der Waals surface area contributed by atoms with Crippen molar-refractivity contribution >= 4 is 38.3 Å². The van der Waals surface area contributed by atoms with Crippen molar-refractivity contribution in [3.63, 3.8) is 0 Å². The van der Waals surface area contributed by atoms with Crippen molar-refractivity contribution in [2.75, 3.05) is 11.8 Å². The van der Waals surface area contributed by atoms with Crippen molar-refractivity contribution < 1.29 is 22.1 Å². The minimum atomic E-state index is -3.91. The number of rotatable bonds is 6. The van der Waals surface area contributed by atoms with E-state index in [-0.39, 0.29) is 15.7 Å². The number of aromatic nitrogens is 3. The molecule has 3 aromatic carbocycles. The largest absolute Gasteiger partial charge is 0.496 e. The Bertz CT molecular complexity index is 1710. The van der Waals surface area contributed by atoms with Crippen molar-refractivity contribution in [3.8, 4) is 28.1 Å². The molecule has 11 heteroatoms. The van der Waals surface area contributed by atoms with Crippen LogP contribution in [0.2, 0.25) is 5.02 Å². The number of ether oxygens (including phenoxy) is 1. The van der Waals surface area contributed by atoms with E-state index in [4.69, 9.17) is 16.3 Å². The molecular formula is C25H18ClFN4O4S. The van der Waals surface area contributed by atoms with E-state index in [2.05, 4.69) is 24.4 Å². The minimum Gasteiger partial charge on any atom is -0.496 e. The standard InChI is InChI=1S/C25H18ClFN4O4S/c1-14-9-19(23(34-2)12-18(14)15-3-6-21(27)20(26)10-15)25-17-5-4-16(11-22(17)28-13-29-25)36(32,33)31-24-7-8-35-30-24/h3-13H,1-2H3,(H,30,31). The first-order chi connectivity index (χ1) is 17.3. The first-order valence-corrected chi connectivity index (χ1v) is 12.5. The number of benzene rings is 3. The van der Waals surface area contributed by atoms with Crippen LogP contribution in [0.5, 0.6) is 5.75 Å². The van der Waals surface area contributed by atoms with Gasteiger partial charge in [-0.25, -0.2) is 22.8 Å². The normalized spacial score (nSPS) is 11.6. The number of aryl methyl sites for hydroxylation is 1. The molecule has 0 spiro atoms. The number of fused-ring (bicyclic) bond motifs is 1. The van der Waals surface area contributed by atoms with Gasteiger partial charge in [0.2, 0.25) is 0 Å². The van der Waals surface area contributed by atoms with Crippen LogP contribution in [0.25, 0.3) is 33.3 Å². The quantitative estimate of drug-likeness (QED) is 0.296. The maximum absolute atomic E-state index is 13.7. The third-order valence-corrected chi connectivity index (χ3v) is 7.27. The maximum Gasteiger partial charge on any atom is 0.263 e. The number of halogens is 2. The average Bonchev–Trinajstić information content (AvgIpc) is 3.37. The third-order valence-electron chi connectivity index (χ3n) is 5.63. The summed E-state index contributed by atoms with van der Waals surface area (Å²) in [6.07, 6.45) is 2.63. The third kappa shape index (κ3) is 4.36. The molecule has 0 aliphatic rings. The molecule has 0 saturated carbocycles. The zero-order valence-corrected chi connectivity index (χ0v) is 20.6. The Balaban J connectivity index is 1.60. The fourth-order valence-corrected chi connectivity index (χ4v) is 5.09. The Morgan fingerprint density at radius 1 is 1.03 bits per heavy atom. The van der Waals surface area contributed by atoms with E-state index in [0.717, 1.165) is 16.7 Å². The molecule has 5 rings (SSSR count). The lowest BCUT2D eigenvalue weighted by atomic mass is 9.95. The molecule has 182 valence electrons. The van der Waals surface area contributed by atoms with Crippen LogP contribution in [0, 0.1) is 12.7 Å². The van der Waals surface area contributed by atoms with Crippen molar-refractivity contribution in [2.24, 2.45) is 0 Å². The lowest BCUT2D eigenvalue weighted by Crippen LogP contribution is -2.13. The van der Waals surface area contributed by atoms with Gasteiger partial charge in [0.1, 0.15) is 24.2 Å². The minimum absolute atomic E-state index is 0.00864. The van der Waals surface area contributed by atoms with Gasteiger partial charge in [-0.2, -0.15) is 0 Å². The average molecular weight is 525 g/mol. The summed E-state index contributed by atoms with van der Waals surface area (Å²) in [7, 11) is -2.37. The molecule has 2 heterocycles. The van der Waals surface area contributed by atoms with Crippen LogP contribution < -0.4 is 9.46 Å². The molecule has 2 aromatic heterocycles. The van der Waals surface area contributed by atoms with Gasteiger partial charge < -0.3 is 9.26 Å². The number of hydrogen-bond donors (Lipinski definition) is 1. The van der Waals surface area contributed by atoms with Crippen LogP contribution >= 0.6 is 11.6 Å². The number of methoxy groups -OCH3 is 1. The smallest absolute Gasteiger partial charge is 0.263 e. The van der Waals surface area contributed by atoms with Gasteiger partial charge in [-0.1, -0.05) is 22.8 Å². The monoisotopic (exact) mass is 524 g/mol. The van der Waals surface area contributed by atoms with Crippen LogP contribution in [-0.2, 0) is 10.0 Å². The van der Waals surface area contributed by atoms with Gasteiger partial charge in [-0.05, 0) is 66.1 Å². The molecule has 0 saturated heterocycles. The summed E-state index contributed by atoms with van der Waals surface area (Å²) >= 11 is 5.99. The van der Waals surface area contributed by atoms with Crippen molar-refractivity contribution in [2.45, 2.75) is 11.8 Å². The summed E-state index contributed by atoms with van der Waals surface area (Å²) < 4.78 is 51.9. The molecule has 8 nitrogen and oxygen atoms in total. The second-order valence-corrected chi connectivity index (χ2v) is 9.98. The molecule has 0 radical (unpaired) electrons. The Hall–Kier alpha value is -4.02. The lowest BCUT2D eigenvalue weighted by molar-refractivity contribution is 0.416. The van der Waals surface area contributed by atoms with E-state index in [1.807, 2.05) is 19.1 Å². The van der Waals surface area contributed by atoms with Gasteiger partial charge in [0, 0.05) is 17.0 Å². The first-order valence-electron chi connectivity index (χ1n) is 10.6. The first kappa shape index (κ1) is 23.7. The van der Waals surface area contributed by atoms with Crippen LogP contribution in [0.15, 0.2) is 76.6 Å². The zero-order chi connectivity index (χ0) is 25.4. The predicted octanol–water partition coefficient (Wildman–Crippen LogP) is 5.86. The van der Waals surface area contributed by atoms with Gasteiger partial charge in [0.25, 0.3) is 10.0 Å². The van der Waals surface area contributed by atoms with Crippen LogP contribution in [0.4, 0.5) is 10.2 Å². The Morgan fingerprint density at radius 3 is 2.58 bits per heavy atom. The van der Waals surface area contributed by atoms with Crippen LogP contribution in [0.3, 0.4) is 0 Å². The van der Waals surface area contributed by atoms with E-state index in [0.29, 0.717) is 27.9 Å². The summed E-state index contributed by atoms with van der Waals surface area (Å²) in [5.41, 5.74) is 4.13. The van der Waals surface area contributed by atoms with Gasteiger partial charge in [-0.15, -0.1) is 0 Å². The molecule has 0 amide bonds. The fraction of sp³-hybridized carbons (Fsp3) is 0.0800. The molecule has 0 unspecified atom stereocenters. The van der Waals surface area contributed by atoms with E-state index in [9.17, 15) is 12.8 Å². The fourth-order valence-electron chi connectivity index (χ4n) is 3.90. The topological polar surface area (TPSA) is 107 Å². The molecule has 0 bridgehead atoms. The highest BCUT2D eigenvalue weighted by molar-refractivity contribution is 7.92. The van der Waals surface area contributed by atoms with E-state index in [1.165, 1.54) is 36.9 Å². The van der Waals surface area contributed by atoms with E-state index < -0.39 is 15.8 Å². The number of nitrogens with zero attached hydrogens (tertiary/aromatic N) is 3. The second kappa shape index (κ2) is 9.21. The Kier molecular flexibility index (Phi) is 6.07. The molecule has 5 aromatic rings. The molecule has 0 atom stereocenters. The second-order valence-electron chi connectivity index (χ2n) is 7.89. The highest BCUT2D eigenvalue weighted by Crippen LogP contribution is 2.39. The van der Waals surface area contributed by atoms with E-state index >= 15 is 0 Å². The van der Waals surface area contributed by atoms with Crippen molar-refractivity contribution in [3.05, 3.63) is 83.6 Å². The number of sulfonamides is 1. The maximum atomic E-state index is 13.7. The zero-order valence-electron chi connectivity index (χ0n) is 19.0. The molecule has 1 N–H and O–H groups in total. The number of nitrogens with one attached hydrogen (secondary N) is 1. The van der Waals surface area contributed by atoms with Crippen LogP contribution in [-0.4, -0.2) is 30.7 Å². The Morgan fingerprint density at radius 2 is 1.86 bits per heavy atom. The Labute approximate surface area is 210 Å². The van der Waals surface area contributed by atoms with Crippen molar-refractivity contribution in [1.29, 1.82) is 0 Å². The summed E-state index contributed by atoms with van der Waals surface area (Å²) in [5.74, 6) is 0.105. The molecule has 0 aliphatic carbocycles. The van der Waals surface area contributed by atoms with Gasteiger partial charge in [0.05, 0.1) is 28.2 Å². The molecule has 0 aliphatic heterocycles. The van der Waals surface area contributed by atoms with Gasteiger partial charge in [0.15, 0.2) is 5.82 Å². The summed E-state index contributed by atoms with van der Waals surface area (Å²) in [6.45, 7) is 1.92. The highest BCUT2D eigenvalue weighted by atomic mass is 35.5. The lowest BCUT2D eigenvalue weighted by Gasteiger charge is -2.15.